The molecule has 11 aliphatic rings. The molecule has 0 aromatic rings. The van der Waals surface area contributed by atoms with Crippen molar-refractivity contribution in [3.05, 3.63) is 0 Å². The van der Waals surface area contributed by atoms with Gasteiger partial charge in [-0.15, -0.1) is 0 Å². The predicted octanol–water partition coefficient (Wildman–Crippen LogP) is -24.4. The van der Waals surface area contributed by atoms with Gasteiger partial charge in [0.15, 0.2) is 69.2 Å². The lowest BCUT2D eigenvalue weighted by Crippen LogP contribution is -2.70. The van der Waals surface area contributed by atoms with E-state index >= 15 is 0 Å². The summed E-state index contributed by atoms with van der Waals surface area (Å²) in [5.74, 6) is -2.77. The topological polar surface area (TPSA) is 975 Å². The van der Waals surface area contributed by atoms with Gasteiger partial charge in [0.25, 0.3) is 0 Å². The van der Waals surface area contributed by atoms with Crippen LogP contribution in [0.2, 0.25) is 0 Å². The Morgan fingerprint density at radius 1 is 0.237 bits per heavy atom. The van der Waals surface area contributed by atoms with E-state index in [2.05, 4.69) is 16.0 Å². The maximum absolute atomic E-state index is 13.7. The first-order chi connectivity index (χ1) is 63.7. The van der Waals surface area contributed by atoms with Gasteiger partial charge in [-0.3, -0.25) is 23.4 Å². The fourth-order valence-electron chi connectivity index (χ4n) is 16.9. The Bertz CT molecular complexity index is 3730. The first-order valence-electron chi connectivity index (χ1n) is 42.4. The average Bonchev–Trinajstić information content (AvgIpc) is 0.765. The van der Waals surface area contributed by atoms with Crippen molar-refractivity contribution in [2.45, 2.75) is 358 Å². The van der Waals surface area contributed by atoms with Crippen LogP contribution in [0.3, 0.4) is 0 Å². The third kappa shape index (κ3) is 25.0. The minimum Gasteiger partial charge on any atom is -0.394 e. The molecule has 0 aromatic carbocycles. The highest BCUT2D eigenvalue weighted by atomic mass is 31.2. The van der Waals surface area contributed by atoms with E-state index in [1.807, 2.05) is 0 Å². The number of nitrogens with one attached hydrogen (secondary N) is 3. The number of carbonyl (C=O) groups excluding carboxylic acids is 3. The van der Waals surface area contributed by atoms with Crippen LogP contribution in [0.25, 0.3) is 0 Å². The third-order valence-electron chi connectivity index (χ3n) is 24.4. The number of carbonyl (C=O) groups is 3. The molecule has 0 bridgehead atoms. The van der Waals surface area contributed by atoms with E-state index < -0.39 is 436 Å². The highest BCUT2D eigenvalue weighted by Crippen LogP contribution is 2.48. The van der Waals surface area contributed by atoms with Crippen LogP contribution in [-0.4, -0.2) is 596 Å². The predicted molar refractivity (Wildman–Crippen MR) is 408 cm³/mol. The number of rotatable bonds is 36. The second-order valence-corrected chi connectivity index (χ2v) is 35.1. The van der Waals surface area contributed by atoms with Crippen LogP contribution in [0.5, 0.6) is 0 Å². The number of ether oxygens (including phenoxy) is 20. The Morgan fingerprint density at radius 2 is 0.496 bits per heavy atom. The van der Waals surface area contributed by atoms with Crippen molar-refractivity contribution in [1.29, 1.82) is 0 Å². The van der Waals surface area contributed by atoms with Crippen LogP contribution in [0, 0.1) is 0 Å². The second-order valence-electron chi connectivity index (χ2n) is 33.7. The minimum absolute atomic E-state index is 0.835. The fourth-order valence-corrected chi connectivity index (χ4v) is 17.7. The summed E-state index contributed by atoms with van der Waals surface area (Å²) in [6.07, 6.45) is -117. The van der Waals surface area contributed by atoms with E-state index in [1.165, 1.54) is 0 Å². The molecule has 36 N–H and O–H groups in total. The molecule has 1 unspecified atom stereocenters. The van der Waals surface area contributed by atoms with Gasteiger partial charge >= 0.3 is 7.82 Å². The number of phosphoric acid groups is 1. The summed E-state index contributed by atoms with van der Waals surface area (Å²) in [5.41, 5.74) is 0. The third-order valence-corrected chi connectivity index (χ3v) is 25.3. The smallest absolute Gasteiger partial charge is 0.394 e. The number of hydrogen-bond acceptors (Lipinski definition) is 58. The summed E-state index contributed by atoms with van der Waals surface area (Å²) >= 11 is 0. The van der Waals surface area contributed by atoms with Crippen molar-refractivity contribution in [3.63, 3.8) is 0 Å². The molecular formula is C72H122N3O59P. The summed E-state index contributed by atoms with van der Waals surface area (Å²) in [4.78, 5) is 48.6. The molecule has 11 fully saturated rings. The average molecular weight is 2000 g/mol. The van der Waals surface area contributed by atoms with Crippen LogP contribution in [0.4, 0.5) is 0 Å². The Kier molecular flexibility index (Phi) is 40.1. The van der Waals surface area contributed by atoms with Crippen molar-refractivity contribution in [2.24, 2.45) is 0 Å². The summed E-state index contributed by atoms with van der Waals surface area (Å²) < 4.78 is 141. The number of aliphatic hydroxyl groups excluding tert-OH is 32. The summed E-state index contributed by atoms with van der Waals surface area (Å²) in [6.45, 7) is -10.4. The molecule has 0 aromatic heterocycles. The lowest BCUT2D eigenvalue weighted by atomic mass is 9.94. The highest BCUT2D eigenvalue weighted by Gasteiger charge is 2.62. The van der Waals surface area contributed by atoms with Gasteiger partial charge < -0.3 is 279 Å². The van der Waals surface area contributed by atoms with Crippen LogP contribution in [0.15, 0.2) is 0 Å². The monoisotopic (exact) mass is 2000 g/mol. The fraction of sp³-hybridized carbons (Fsp3) is 0.958. The molecule has 11 saturated heterocycles. The van der Waals surface area contributed by atoms with E-state index in [-0.39, 0.29) is 0 Å². The molecule has 3 amide bonds. The van der Waals surface area contributed by atoms with Gasteiger partial charge in [-0.2, -0.15) is 0 Å². The molecular weight excluding hydrogens is 1880 g/mol. The second kappa shape index (κ2) is 48.4. The Hall–Kier alpha value is -3.56. The van der Waals surface area contributed by atoms with Gasteiger partial charge in [0.2, 0.25) is 17.7 Å². The van der Waals surface area contributed by atoms with Gasteiger partial charge in [-0.1, -0.05) is 0 Å². The molecule has 0 spiro atoms. The largest absolute Gasteiger partial charge is 0.474 e. The molecule has 0 saturated carbocycles. The van der Waals surface area contributed by atoms with Crippen molar-refractivity contribution in [2.75, 3.05) is 72.7 Å². The van der Waals surface area contributed by atoms with E-state index in [1.54, 1.807) is 0 Å². The van der Waals surface area contributed by atoms with E-state index in [4.69, 9.17) is 104 Å². The van der Waals surface area contributed by atoms with Crippen molar-refractivity contribution >= 4 is 25.5 Å². The van der Waals surface area contributed by atoms with Gasteiger partial charge in [-0.25, -0.2) is 4.57 Å². The molecule has 11 heterocycles. The lowest BCUT2D eigenvalue weighted by Gasteiger charge is -2.51. The van der Waals surface area contributed by atoms with E-state index in [0.717, 1.165) is 20.8 Å². The summed E-state index contributed by atoms with van der Waals surface area (Å²) in [5, 5.41) is 364. The molecule has 62 nitrogen and oxygen atoms in total. The van der Waals surface area contributed by atoms with Crippen molar-refractivity contribution in [1.82, 2.24) is 16.0 Å². The number of hydrogen-bond donors (Lipinski definition) is 36. The first kappa shape index (κ1) is 112. The zero-order valence-corrected chi connectivity index (χ0v) is 72.2. The summed E-state index contributed by atoms with van der Waals surface area (Å²) in [7, 11) is -5.73. The highest BCUT2D eigenvalue weighted by molar-refractivity contribution is 7.47. The van der Waals surface area contributed by atoms with Crippen LogP contribution in [-0.2, 0) is 123 Å². The van der Waals surface area contributed by atoms with Crippen molar-refractivity contribution < 1.29 is 291 Å². The molecule has 56 atom stereocenters. The van der Waals surface area contributed by atoms with Crippen LogP contribution in [0.1, 0.15) is 20.8 Å². The lowest BCUT2D eigenvalue weighted by molar-refractivity contribution is -0.408. The number of amides is 3. The molecule has 784 valence electrons. The van der Waals surface area contributed by atoms with E-state index in [9.17, 15) is 187 Å². The number of phosphoric ester groups is 1. The Balaban J connectivity index is 0.943. The first-order valence-corrected chi connectivity index (χ1v) is 43.9. The maximum Gasteiger partial charge on any atom is 0.474 e. The molecule has 11 rings (SSSR count). The maximum atomic E-state index is 13.7. The van der Waals surface area contributed by atoms with Gasteiger partial charge in [0, 0.05) is 20.8 Å². The standard InChI is InChI=1S/C72H122N3O59P/c1-15(84)73-29-42(97)55(24(10-82)116-62(29)110)127-63-31(75-17(3)86)43(98)56(25(11-83)123-63)128-69-54(109)58(130-71-61(49(104)37(92)22(8-80)121-71)133-72-60(48(103)36(91)23(9-81)122-72)132-67-51(106)45(100)34(89)20(6-78)119-67)40(95)27(125-69)12-113-65-53(108)57(39(94)26(124-65)13-114-70-59(47(102)35(90)21(7-79)120-70)131-66-50(105)44(99)33(88)19(5-77)118-66)129-68-52(107)46(101)38(93)28(126-68)14-115-135(111,112)134-64-30(74-16(2)85)41(96)32(87)18(4-76)117-64/h18-72,76-83,87-110H,4-14H2,1-3H3,(H,73,84)(H,74,85)(H,75,86)(H,111,112)/t18-,19-,20-,21-,22-,23-,24-,25-,26-,27-,28-,29-,30-,31-,32-,33-,34-,35-,36-,37-,38-,39-,40-,41-,42-,43-,44+,45+,46+,47+,48+,49+,50+,51+,52+,53+,54+,55-,56-,57+,58+,59+,60+,61+,62-,63+,64-,65+,66-,67-,68-,69+,70+,71-,72-/m1/s1. The van der Waals surface area contributed by atoms with Crippen LogP contribution >= 0.6 is 7.82 Å². The van der Waals surface area contributed by atoms with Gasteiger partial charge in [0.05, 0.1) is 72.7 Å². The zero-order valence-electron chi connectivity index (χ0n) is 71.4. The quantitative estimate of drug-likeness (QED) is 0.0259. The van der Waals surface area contributed by atoms with Gasteiger partial charge in [-0.05, 0) is 0 Å². The SMILES string of the molecule is CC(=O)N[C@@H]1[C@@H](O)[C@H](O[C@@H]2O[C@H](CO)[C@@H](O[C@@H]3O[C@H](CO[C@H]4O[C@H](CO[C@H]5O[C@H](CO)[C@@H](O)[C@H](O)[C@@H]5O[C@H]5O[C@H](CO)[C@@H](O)[C@H](O)[C@@H]5O)[C@@H](O)[C@H](O[C@H]5O[C@H](COP(=O)(O)O[C@H]6O[C@H](CO)[C@@H](O)[C@H](O)[C@H]6NC(C)=O)[C@@H](O)[C@H](O)[C@@H]5O)[C@@H]4O)[C@@H](O)[C@H](O[C@H]4O[C@H](CO)[C@@H](O)[C@H](O)[C@@H]4O[C@H]4O[C@H](CO)[C@@H](O)[C@H](O)[C@@H]4O[C@H]4O[C@H](CO)[C@@H](O)[C@H](O)[C@@H]4O)[C@@H]3O)[C@H](O)[C@H]2NC(C)=O)[C@@H](CO)O[C@H]1O. The minimum atomic E-state index is -5.73. The Labute approximate surface area is 761 Å². The number of aliphatic hydroxyl groups is 32. The summed E-state index contributed by atoms with van der Waals surface area (Å²) in [6, 6.07) is -5.62. The molecule has 135 heavy (non-hydrogen) atoms. The molecule has 63 heteroatoms. The normalized spacial score (nSPS) is 50.1. The van der Waals surface area contributed by atoms with Gasteiger partial charge in [0.1, 0.15) is 268 Å². The molecule has 0 radical (unpaired) electrons. The van der Waals surface area contributed by atoms with Crippen molar-refractivity contribution in [3.8, 4) is 0 Å². The molecule has 11 aliphatic heterocycles. The van der Waals surface area contributed by atoms with Crippen LogP contribution < -0.4 is 16.0 Å². The van der Waals surface area contributed by atoms with E-state index in [0.29, 0.717) is 0 Å². The zero-order chi connectivity index (χ0) is 99.4. The Morgan fingerprint density at radius 3 is 0.911 bits per heavy atom. The molecule has 0 aliphatic carbocycles.